The zero-order valence-corrected chi connectivity index (χ0v) is 11.5. The van der Waals surface area contributed by atoms with Gasteiger partial charge in [-0.1, -0.05) is 36.4 Å². The molecule has 108 valence electrons. The van der Waals surface area contributed by atoms with Gasteiger partial charge in [-0.3, -0.25) is 0 Å². The van der Waals surface area contributed by atoms with Crippen molar-refractivity contribution in [2.45, 2.75) is 0 Å². The van der Waals surface area contributed by atoms with Crippen molar-refractivity contribution >= 4 is 28.1 Å². The van der Waals surface area contributed by atoms with Crippen LogP contribution in [0.25, 0.3) is 10.8 Å². The van der Waals surface area contributed by atoms with Crippen molar-refractivity contribution in [1.82, 2.24) is 0 Å². The van der Waals surface area contributed by atoms with Crippen molar-refractivity contribution in [3.8, 4) is 5.75 Å². The van der Waals surface area contributed by atoms with Crippen LogP contribution in [0.5, 0.6) is 5.75 Å². The Kier molecular flexibility index (Phi) is 3.53. The molecule has 22 heavy (non-hydrogen) atoms. The molecule has 0 aliphatic heterocycles. The average molecular weight is 292 g/mol. The first-order chi connectivity index (χ1) is 10.6. The quantitative estimate of drug-likeness (QED) is 0.689. The van der Waals surface area contributed by atoms with Crippen molar-refractivity contribution < 1.29 is 15.0 Å². The summed E-state index contributed by atoms with van der Waals surface area (Å²) in [5.74, 6) is -0.998. The number of phenolic OH excluding ortho intramolecular Hbond substituents is 1. The predicted molar refractivity (Wildman–Crippen MR) is 83.2 cm³/mol. The van der Waals surface area contributed by atoms with Gasteiger partial charge in [0, 0.05) is 5.39 Å². The Bertz CT molecular complexity index is 888. The van der Waals surface area contributed by atoms with Crippen LogP contribution >= 0.6 is 0 Å². The van der Waals surface area contributed by atoms with Crippen molar-refractivity contribution in [2.75, 3.05) is 0 Å². The third-order valence-corrected chi connectivity index (χ3v) is 3.24. The number of aromatic hydroxyl groups is 1. The van der Waals surface area contributed by atoms with Gasteiger partial charge in [0.05, 0.1) is 11.3 Å². The lowest BCUT2D eigenvalue weighted by Crippen LogP contribution is -1.94. The highest BCUT2D eigenvalue weighted by Crippen LogP contribution is 2.35. The van der Waals surface area contributed by atoms with Crippen LogP contribution in [0.1, 0.15) is 10.4 Å². The van der Waals surface area contributed by atoms with Gasteiger partial charge in [0.2, 0.25) is 0 Å². The van der Waals surface area contributed by atoms with Crippen LogP contribution in [-0.2, 0) is 0 Å². The number of rotatable bonds is 3. The molecule has 0 radical (unpaired) electrons. The molecule has 0 aromatic heterocycles. The molecule has 3 rings (SSSR count). The Morgan fingerprint density at radius 3 is 2.55 bits per heavy atom. The molecule has 5 heteroatoms. The lowest BCUT2D eigenvalue weighted by atomic mass is 10.1. The Balaban J connectivity index is 2.04. The van der Waals surface area contributed by atoms with E-state index in [0.717, 1.165) is 10.8 Å². The van der Waals surface area contributed by atoms with Crippen molar-refractivity contribution in [2.24, 2.45) is 10.2 Å². The van der Waals surface area contributed by atoms with Crippen LogP contribution in [0, 0.1) is 0 Å². The van der Waals surface area contributed by atoms with Gasteiger partial charge >= 0.3 is 5.97 Å². The van der Waals surface area contributed by atoms with Gasteiger partial charge in [-0.05, 0) is 29.7 Å². The van der Waals surface area contributed by atoms with Gasteiger partial charge in [0.15, 0.2) is 0 Å². The zero-order valence-electron chi connectivity index (χ0n) is 11.5. The fourth-order valence-corrected chi connectivity index (χ4v) is 2.16. The van der Waals surface area contributed by atoms with E-state index in [-0.39, 0.29) is 11.3 Å². The molecule has 0 fully saturated rings. The minimum atomic E-state index is -1.02. The van der Waals surface area contributed by atoms with Crippen LogP contribution in [0.2, 0.25) is 0 Å². The molecule has 0 unspecified atom stereocenters. The fourth-order valence-electron chi connectivity index (χ4n) is 2.16. The molecule has 0 heterocycles. The number of fused-ring (bicyclic) bond motifs is 1. The first-order valence-electron chi connectivity index (χ1n) is 6.61. The molecule has 0 bridgehead atoms. The maximum Gasteiger partial charge on any atom is 0.335 e. The molecule has 0 amide bonds. The van der Waals surface area contributed by atoms with E-state index in [0.29, 0.717) is 11.4 Å². The zero-order chi connectivity index (χ0) is 15.5. The first-order valence-corrected chi connectivity index (χ1v) is 6.61. The molecule has 0 aliphatic carbocycles. The van der Waals surface area contributed by atoms with Crippen LogP contribution in [-0.4, -0.2) is 16.2 Å². The number of carboxylic acids is 1. The molecule has 0 saturated heterocycles. The topological polar surface area (TPSA) is 82.2 Å². The Morgan fingerprint density at radius 1 is 0.909 bits per heavy atom. The summed E-state index contributed by atoms with van der Waals surface area (Å²) in [5.41, 5.74) is 0.907. The molecule has 0 saturated carbocycles. The highest BCUT2D eigenvalue weighted by Gasteiger charge is 2.06. The molecule has 0 aliphatic rings. The van der Waals surface area contributed by atoms with Crippen LogP contribution in [0.3, 0.4) is 0 Å². The monoisotopic (exact) mass is 292 g/mol. The van der Waals surface area contributed by atoms with Gasteiger partial charge in [0.25, 0.3) is 0 Å². The van der Waals surface area contributed by atoms with Gasteiger partial charge in [0.1, 0.15) is 11.4 Å². The van der Waals surface area contributed by atoms with Crippen molar-refractivity contribution in [3.63, 3.8) is 0 Å². The third kappa shape index (κ3) is 2.64. The number of aromatic carboxylic acids is 1. The maximum absolute atomic E-state index is 10.9. The Morgan fingerprint density at radius 2 is 1.73 bits per heavy atom. The van der Waals surface area contributed by atoms with E-state index in [1.54, 1.807) is 24.3 Å². The molecule has 5 nitrogen and oxygen atoms in total. The summed E-state index contributed by atoms with van der Waals surface area (Å²) < 4.78 is 0. The largest absolute Gasteiger partial charge is 0.506 e. The van der Waals surface area contributed by atoms with Gasteiger partial charge in [-0.2, -0.15) is 5.11 Å². The Hall–Kier alpha value is -3.21. The van der Waals surface area contributed by atoms with E-state index >= 15 is 0 Å². The lowest BCUT2D eigenvalue weighted by molar-refractivity contribution is 0.0697. The van der Waals surface area contributed by atoms with E-state index in [1.807, 2.05) is 24.3 Å². The first kappa shape index (κ1) is 13.8. The summed E-state index contributed by atoms with van der Waals surface area (Å²) in [7, 11) is 0. The summed E-state index contributed by atoms with van der Waals surface area (Å²) in [5, 5.41) is 28.8. The third-order valence-electron chi connectivity index (χ3n) is 3.24. The Labute approximate surface area is 126 Å². The van der Waals surface area contributed by atoms with Gasteiger partial charge in [-0.25, -0.2) is 4.79 Å². The second-order valence-electron chi connectivity index (χ2n) is 4.71. The molecule has 3 aromatic rings. The number of phenols is 1. The maximum atomic E-state index is 10.9. The van der Waals surface area contributed by atoms with E-state index in [1.165, 1.54) is 12.1 Å². The number of carbonyl (C=O) groups is 1. The molecule has 0 atom stereocenters. The minimum absolute atomic E-state index is 0.0249. The molecule has 2 N–H and O–H groups in total. The number of carboxylic acid groups (broad SMARTS) is 1. The predicted octanol–water partition coefficient (Wildman–Crippen LogP) is 4.66. The highest BCUT2D eigenvalue weighted by molar-refractivity contribution is 5.95. The van der Waals surface area contributed by atoms with E-state index in [4.69, 9.17) is 5.11 Å². The minimum Gasteiger partial charge on any atom is -0.506 e. The number of azo groups is 1. The number of benzene rings is 3. The number of hydrogen-bond donors (Lipinski definition) is 2. The summed E-state index contributed by atoms with van der Waals surface area (Å²) >= 11 is 0. The average Bonchev–Trinajstić information content (AvgIpc) is 2.54. The summed E-state index contributed by atoms with van der Waals surface area (Å²) in [6, 6.07) is 17.0. The summed E-state index contributed by atoms with van der Waals surface area (Å²) in [6.07, 6.45) is 0. The van der Waals surface area contributed by atoms with Crippen LogP contribution in [0.15, 0.2) is 70.9 Å². The van der Waals surface area contributed by atoms with E-state index in [2.05, 4.69) is 10.2 Å². The summed E-state index contributed by atoms with van der Waals surface area (Å²) in [4.78, 5) is 10.9. The van der Waals surface area contributed by atoms with Gasteiger partial charge < -0.3 is 10.2 Å². The molecular formula is C17H12N2O3. The van der Waals surface area contributed by atoms with Crippen molar-refractivity contribution in [1.29, 1.82) is 0 Å². The fraction of sp³-hybridized carbons (Fsp3) is 0. The van der Waals surface area contributed by atoms with E-state index < -0.39 is 5.97 Å². The second kappa shape index (κ2) is 5.65. The normalized spacial score (nSPS) is 11.1. The van der Waals surface area contributed by atoms with Crippen molar-refractivity contribution in [3.05, 3.63) is 66.2 Å². The smallest absolute Gasteiger partial charge is 0.335 e. The van der Waals surface area contributed by atoms with E-state index in [9.17, 15) is 9.90 Å². The highest BCUT2D eigenvalue weighted by atomic mass is 16.4. The lowest BCUT2D eigenvalue weighted by Gasteiger charge is -2.03. The second-order valence-corrected chi connectivity index (χ2v) is 4.71. The SMILES string of the molecule is O=C(O)c1cccc(N=Nc2c(O)ccc3ccccc23)c1. The number of nitrogens with zero attached hydrogens (tertiary/aromatic N) is 2. The van der Waals surface area contributed by atoms with Gasteiger partial charge in [-0.15, -0.1) is 5.11 Å². The van der Waals surface area contributed by atoms with Crippen LogP contribution in [0.4, 0.5) is 11.4 Å². The summed E-state index contributed by atoms with van der Waals surface area (Å²) in [6.45, 7) is 0. The molecule has 0 spiro atoms. The molecular weight excluding hydrogens is 280 g/mol. The standard InChI is InChI=1S/C17H12N2O3/c20-15-9-8-11-4-1-2-7-14(11)16(15)19-18-13-6-3-5-12(10-13)17(21)22/h1-10,20H,(H,21,22). The molecule has 3 aromatic carbocycles. The van der Waals surface area contributed by atoms with Crippen LogP contribution < -0.4 is 0 Å². The number of hydrogen-bond acceptors (Lipinski definition) is 4.